The third-order valence-electron chi connectivity index (χ3n) is 4.61. The highest BCUT2D eigenvalue weighted by molar-refractivity contribution is 5.92. The molecule has 25 heavy (non-hydrogen) atoms. The first-order valence-electron chi connectivity index (χ1n) is 8.54. The summed E-state index contributed by atoms with van der Waals surface area (Å²) in [6, 6.07) is 6.80. The van der Waals surface area contributed by atoms with Crippen molar-refractivity contribution in [1.29, 1.82) is 0 Å². The van der Waals surface area contributed by atoms with Crippen LogP contribution in [0.15, 0.2) is 30.3 Å². The molecule has 0 saturated carbocycles. The molecule has 1 saturated heterocycles. The van der Waals surface area contributed by atoms with E-state index in [0.29, 0.717) is 24.7 Å². The van der Waals surface area contributed by atoms with Crippen LogP contribution in [-0.4, -0.2) is 65.1 Å². The van der Waals surface area contributed by atoms with Gasteiger partial charge in [-0.3, -0.25) is 14.9 Å². The maximum absolute atomic E-state index is 12.3. The standard InChI is InChI=1S/C18H25N3O4/c1-19(11-4-14-22)16-9-12-20(13-10-16)18(23)8-7-15-5-2-3-6-17(15)21(24)25/h2-3,5-8,16,22H,4,9-14H2,1H3/b8-7+. The highest BCUT2D eigenvalue weighted by atomic mass is 16.6. The molecule has 7 nitrogen and oxygen atoms in total. The van der Waals surface area contributed by atoms with Gasteiger partial charge >= 0.3 is 0 Å². The number of carbonyl (C=O) groups is 1. The number of amides is 1. The number of nitro benzene ring substituents is 1. The summed E-state index contributed by atoms with van der Waals surface area (Å²) in [7, 11) is 2.05. The molecule has 1 aromatic carbocycles. The molecule has 0 aliphatic carbocycles. The lowest BCUT2D eigenvalue weighted by Crippen LogP contribution is -2.45. The molecule has 1 heterocycles. The van der Waals surface area contributed by atoms with Gasteiger partial charge in [0.1, 0.15) is 0 Å². The van der Waals surface area contributed by atoms with Gasteiger partial charge in [0.05, 0.1) is 10.5 Å². The first-order valence-corrected chi connectivity index (χ1v) is 8.54. The van der Waals surface area contributed by atoms with Crippen LogP contribution < -0.4 is 0 Å². The number of benzene rings is 1. The third-order valence-corrected chi connectivity index (χ3v) is 4.61. The first kappa shape index (κ1) is 19.1. The van der Waals surface area contributed by atoms with Crippen LogP contribution in [0.1, 0.15) is 24.8 Å². The summed E-state index contributed by atoms with van der Waals surface area (Å²) < 4.78 is 0. The van der Waals surface area contributed by atoms with E-state index in [1.54, 1.807) is 23.1 Å². The molecule has 0 spiro atoms. The summed E-state index contributed by atoms with van der Waals surface area (Å²) in [4.78, 5) is 26.9. The fraction of sp³-hybridized carbons (Fsp3) is 0.500. The van der Waals surface area contributed by atoms with Gasteiger partial charge in [0.15, 0.2) is 0 Å². The van der Waals surface area contributed by atoms with E-state index >= 15 is 0 Å². The number of likely N-dealkylation sites (tertiary alicyclic amines) is 1. The van der Waals surface area contributed by atoms with Crippen LogP contribution in [0.5, 0.6) is 0 Å². The number of rotatable bonds is 7. The molecule has 2 rings (SSSR count). The largest absolute Gasteiger partial charge is 0.396 e. The summed E-state index contributed by atoms with van der Waals surface area (Å²) in [5.74, 6) is -0.116. The molecular formula is C18H25N3O4. The predicted octanol–water partition coefficient (Wildman–Crippen LogP) is 1.91. The number of carbonyl (C=O) groups excluding carboxylic acids is 1. The molecule has 7 heteroatoms. The van der Waals surface area contributed by atoms with Gasteiger partial charge < -0.3 is 14.9 Å². The minimum atomic E-state index is -0.447. The quantitative estimate of drug-likeness (QED) is 0.462. The van der Waals surface area contributed by atoms with E-state index in [4.69, 9.17) is 5.11 Å². The number of nitrogens with zero attached hydrogens (tertiary/aromatic N) is 3. The number of aliphatic hydroxyl groups is 1. The maximum atomic E-state index is 12.3. The van der Waals surface area contributed by atoms with E-state index in [1.807, 2.05) is 7.05 Å². The van der Waals surface area contributed by atoms with Crippen LogP contribution in [0.4, 0.5) is 5.69 Å². The Morgan fingerprint density at radius 2 is 2.08 bits per heavy atom. The zero-order valence-corrected chi connectivity index (χ0v) is 14.5. The number of aliphatic hydroxyl groups excluding tert-OH is 1. The van der Waals surface area contributed by atoms with Crippen molar-refractivity contribution in [3.63, 3.8) is 0 Å². The topological polar surface area (TPSA) is 86.9 Å². The van der Waals surface area contributed by atoms with Gasteiger partial charge in [-0.2, -0.15) is 0 Å². The van der Waals surface area contributed by atoms with Crippen molar-refractivity contribution < 1.29 is 14.8 Å². The number of hydrogen-bond acceptors (Lipinski definition) is 5. The summed E-state index contributed by atoms with van der Waals surface area (Å²) in [5, 5.41) is 19.9. The third kappa shape index (κ3) is 5.37. The Morgan fingerprint density at radius 1 is 1.40 bits per heavy atom. The molecule has 1 aliphatic rings. The molecule has 0 aromatic heterocycles. The van der Waals surface area contributed by atoms with Crippen molar-refractivity contribution in [3.8, 4) is 0 Å². The van der Waals surface area contributed by atoms with Crippen molar-refractivity contribution in [3.05, 3.63) is 46.0 Å². The zero-order chi connectivity index (χ0) is 18.2. The van der Waals surface area contributed by atoms with Gasteiger partial charge in [0, 0.05) is 44.4 Å². The van der Waals surface area contributed by atoms with E-state index in [0.717, 1.165) is 25.8 Å². The van der Waals surface area contributed by atoms with Crippen molar-refractivity contribution in [1.82, 2.24) is 9.80 Å². The Hall–Kier alpha value is -2.25. The van der Waals surface area contributed by atoms with Gasteiger partial charge in [-0.25, -0.2) is 0 Å². The second-order valence-corrected chi connectivity index (χ2v) is 6.26. The van der Waals surface area contributed by atoms with E-state index < -0.39 is 4.92 Å². The minimum absolute atomic E-state index is 0.00392. The van der Waals surface area contributed by atoms with Crippen molar-refractivity contribution in [2.45, 2.75) is 25.3 Å². The van der Waals surface area contributed by atoms with Gasteiger partial charge in [-0.05, 0) is 38.5 Å². The fourth-order valence-corrected chi connectivity index (χ4v) is 3.09. The maximum Gasteiger partial charge on any atom is 0.276 e. The molecule has 0 unspecified atom stereocenters. The van der Waals surface area contributed by atoms with Crippen LogP contribution in [-0.2, 0) is 4.79 Å². The number of para-hydroxylation sites is 1. The number of piperidine rings is 1. The highest BCUT2D eigenvalue weighted by Crippen LogP contribution is 2.20. The number of nitro groups is 1. The van der Waals surface area contributed by atoms with Crippen LogP contribution in [0, 0.1) is 10.1 Å². The minimum Gasteiger partial charge on any atom is -0.396 e. The lowest BCUT2D eigenvalue weighted by Gasteiger charge is -2.36. The summed E-state index contributed by atoms with van der Waals surface area (Å²) >= 11 is 0. The number of hydrogen-bond donors (Lipinski definition) is 1. The fourth-order valence-electron chi connectivity index (χ4n) is 3.09. The normalized spacial score (nSPS) is 15.9. The van der Waals surface area contributed by atoms with E-state index in [2.05, 4.69) is 4.90 Å². The molecule has 136 valence electrons. The van der Waals surface area contributed by atoms with Crippen molar-refractivity contribution in [2.24, 2.45) is 0 Å². The smallest absolute Gasteiger partial charge is 0.276 e. The Balaban J connectivity index is 1.90. The van der Waals surface area contributed by atoms with Crippen molar-refractivity contribution in [2.75, 3.05) is 33.3 Å². The lowest BCUT2D eigenvalue weighted by molar-refractivity contribution is -0.385. The van der Waals surface area contributed by atoms with Gasteiger partial charge in [-0.1, -0.05) is 12.1 Å². The summed E-state index contributed by atoms with van der Waals surface area (Å²) in [5.41, 5.74) is 0.426. The summed E-state index contributed by atoms with van der Waals surface area (Å²) in [6.45, 7) is 2.40. The predicted molar refractivity (Wildman–Crippen MR) is 96.1 cm³/mol. The molecule has 1 amide bonds. The van der Waals surface area contributed by atoms with Crippen LogP contribution in [0.3, 0.4) is 0 Å². The van der Waals surface area contributed by atoms with Crippen LogP contribution in [0.2, 0.25) is 0 Å². The molecular weight excluding hydrogens is 322 g/mol. The molecule has 1 fully saturated rings. The van der Waals surface area contributed by atoms with Gasteiger partial charge in [0.25, 0.3) is 5.69 Å². The highest BCUT2D eigenvalue weighted by Gasteiger charge is 2.24. The Morgan fingerprint density at radius 3 is 2.72 bits per heavy atom. The molecule has 0 radical (unpaired) electrons. The average molecular weight is 347 g/mol. The molecule has 1 aromatic rings. The van der Waals surface area contributed by atoms with Gasteiger partial charge in [0.2, 0.25) is 5.91 Å². The molecule has 0 atom stereocenters. The molecule has 0 bridgehead atoms. The first-order chi connectivity index (χ1) is 12.0. The zero-order valence-electron chi connectivity index (χ0n) is 14.5. The van der Waals surface area contributed by atoms with Crippen LogP contribution in [0.25, 0.3) is 6.08 Å². The van der Waals surface area contributed by atoms with Crippen molar-refractivity contribution >= 4 is 17.7 Å². The molecule has 1 N–H and O–H groups in total. The Labute approximate surface area is 147 Å². The average Bonchev–Trinajstić information content (AvgIpc) is 2.64. The van der Waals surface area contributed by atoms with E-state index in [-0.39, 0.29) is 18.2 Å². The van der Waals surface area contributed by atoms with Gasteiger partial charge in [-0.15, -0.1) is 0 Å². The SMILES string of the molecule is CN(CCCO)C1CCN(C(=O)/C=C/c2ccccc2[N+](=O)[O-])CC1. The molecule has 1 aliphatic heterocycles. The van der Waals surface area contributed by atoms with E-state index in [1.165, 1.54) is 18.2 Å². The van der Waals surface area contributed by atoms with Crippen LogP contribution >= 0.6 is 0 Å². The Bertz CT molecular complexity index is 625. The Kier molecular flexibility index (Phi) is 7.09. The van der Waals surface area contributed by atoms with E-state index in [9.17, 15) is 14.9 Å². The monoisotopic (exact) mass is 347 g/mol. The summed E-state index contributed by atoms with van der Waals surface area (Å²) in [6.07, 6.45) is 5.48. The second kappa shape index (κ2) is 9.29. The second-order valence-electron chi connectivity index (χ2n) is 6.26. The lowest BCUT2D eigenvalue weighted by atomic mass is 10.0.